The Hall–Kier alpha value is -0.960. The molecular formula is C10H7BrFN. The number of rotatable bonds is 0. The van der Waals surface area contributed by atoms with Gasteiger partial charge in [-0.2, -0.15) is 0 Å². The van der Waals surface area contributed by atoms with Crippen molar-refractivity contribution in [2.45, 2.75) is 6.92 Å². The molecule has 1 aromatic carbocycles. The number of hydrogen-bond donors (Lipinski definition) is 0. The molecule has 2 aromatic rings. The minimum atomic E-state index is -0.232. The van der Waals surface area contributed by atoms with Gasteiger partial charge in [0.2, 0.25) is 0 Å². The number of fused-ring (bicyclic) bond motifs is 1. The SMILES string of the molecule is Cc1cc2cc(F)cc(Br)c2cn1. The normalized spacial score (nSPS) is 10.7. The zero-order valence-electron chi connectivity index (χ0n) is 7.01. The Bertz CT molecular complexity index is 462. The van der Waals surface area contributed by atoms with Crippen LogP contribution in [0.15, 0.2) is 28.9 Å². The summed E-state index contributed by atoms with van der Waals surface area (Å²) in [5.41, 5.74) is 0.894. The third kappa shape index (κ3) is 1.56. The van der Waals surface area contributed by atoms with Crippen molar-refractivity contribution < 1.29 is 4.39 Å². The number of halogens is 2. The summed E-state index contributed by atoms with van der Waals surface area (Å²) in [6, 6.07) is 4.82. The summed E-state index contributed by atoms with van der Waals surface area (Å²) in [5, 5.41) is 1.81. The molecule has 0 aliphatic carbocycles. The number of pyridine rings is 1. The Morgan fingerprint density at radius 3 is 2.85 bits per heavy atom. The third-order valence-corrected chi connectivity index (χ3v) is 2.54. The van der Waals surface area contributed by atoms with Gasteiger partial charge in [0, 0.05) is 21.7 Å². The molecule has 2 rings (SSSR count). The maximum Gasteiger partial charge on any atom is 0.124 e. The van der Waals surface area contributed by atoms with Gasteiger partial charge in [-0.1, -0.05) is 0 Å². The van der Waals surface area contributed by atoms with Crippen LogP contribution >= 0.6 is 15.9 Å². The van der Waals surface area contributed by atoms with Gasteiger partial charge in [0.1, 0.15) is 5.82 Å². The van der Waals surface area contributed by atoms with Crippen molar-refractivity contribution in [3.8, 4) is 0 Å². The van der Waals surface area contributed by atoms with Crippen LogP contribution in [0, 0.1) is 12.7 Å². The summed E-state index contributed by atoms with van der Waals surface area (Å²) < 4.78 is 13.7. The highest BCUT2D eigenvalue weighted by Crippen LogP contribution is 2.24. The van der Waals surface area contributed by atoms with E-state index in [4.69, 9.17) is 0 Å². The molecule has 1 aromatic heterocycles. The molecule has 0 saturated carbocycles. The van der Waals surface area contributed by atoms with Gasteiger partial charge in [0.15, 0.2) is 0 Å². The number of benzene rings is 1. The molecule has 0 unspecified atom stereocenters. The van der Waals surface area contributed by atoms with Crippen LogP contribution in [0.1, 0.15) is 5.69 Å². The Morgan fingerprint density at radius 2 is 2.08 bits per heavy atom. The van der Waals surface area contributed by atoms with Crippen LogP contribution in [-0.4, -0.2) is 4.98 Å². The molecule has 0 aliphatic rings. The lowest BCUT2D eigenvalue weighted by molar-refractivity contribution is 0.629. The van der Waals surface area contributed by atoms with Gasteiger partial charge < -0.3 is 0 Å². The van der Waals surface area contributed by atoms with Crippen molar-refractivity contribution in [2.75, 3.05) is 0 Å². The highest BCUT2D eigenvalue weighted by atomic mass is 79.9. The fourth-order valence-corrected chi connectivity index (χ4v) is 1.84. The Balaban J connectivity index is 2.86. The van der Waals surface area contributed by atoms with E-state index in [0.29, 0.717) is 0 Å². The lowest BCUT2D eigenvalue weighted by Gasteiger charge is -2.01. The summed E-state index contributed by atoms with van der Waals surface area (Å²) in [6.07, 6.45) is 1.74. The van der Waals surface area contributed by atoms with Gasteiger partial charge in [-0.05, 0) is 46.4 Å². The maximum absolute atomic E-state index is 13.0. The van der Waals surface area contributed by atoms with E-state index in [2.05, 4.69) is 20.9 Å². The van der Waals surface area contributed by atoms with Crippen molar-refractivity contribution in [3.05, 3.63) is 40.4 Å². The first-order chi connectivity index (χ1) is 6.16. The maximum atomic E-state index is 13.0. The zero-order chi connectivity index (χ0) is 9.42. The summed E-state index contributed by atoms with van der Waals surface area (Å²) >= 11 is 3.29. The fraction of sp³-hybridized carbons (Fsp3) is 0.100. The lowest BCUT2D eigenvalue weighted by Crippen LogP contribution is -1.84. The van der Waals surface area contributed by atoms with Gasteiger partial charge in [-0.25, -0.2) is 4.39 Å². The van der Waals surface area contributed by atoms with Crippen molar-refractivity contribution in [3.63, 3.8) is 0 Å². The molecule has 1 nitrogen and oxygen atoms in total. The quantitative estimate of drug-likeness (QED) is 0.687. The fourth-order valence-electron chi connectivity index (χ4n) is 1.29. The minimum absolute atomic E-state index is 0.232. The summed E-state index contributed by atoms with van der Waals surface area (Å²) in [5.74, 6) is -0.232. The molecular weight excluding hydrogens is 233 g/mol. The molecule has 0 fully saturated rings. The van der Waals surface area contributed by atoms with E-state index in [-0.39, 0.29) is 5.82 Å². The topological polar surface area (TPSA) is 12.9 Å². The third-order valence-electron chi connectivity index (χ3n) is 1.89. The van der Waals surface area contributed by atoms with Crippen molar-refractivity contribution in [1.82, 2.24) is 4.98 Å². The number of hydrogen-bond acceptors (Lipinski definition) is 1. The zero-order valence-corrected chi connectivity index (χ0v) is 8.60. The Kier molecular flexibility index (Phi) is 2.04. The van der Waals surface area contributed by atoms with E-state index < -0.39 is 0 Å². The highest BCUT2D eigenvalue weighted by Gasteiger charge is 2.01. The van der Waals surface area contributed by atoms with E-state index >= 15 is 0 Å². The molecule has 0 aliphatic heterocycles. The molecule has 13 heavy (non-hydrogen) atoms. The minimum Gasteiger partial charge on any atom is -0.261 e. The summed E-state index contributed by atoms with van der Waals surface area (Å²) in [4.78, 5) is 4.15. The summed E-state index contributed by atoms with van der Waals surface area (Å²) in [6.45, 7) is 1.89. The van der Waals surface area contributed by atoms with Crippen LogP contribution in [0.5, 0.6) is 0 Å². The first kappa shape index (κ1) is 8.63. The van der Waals surface area contributed by atoms with Crippen LogP contribution in [0.4, 0.5) is 4.39 Å². The van der Waals surface area contributed by atoms with Gasteiger partial charge in [-0.15, -0.1) is 0 Å². The average molecular weight is 240 g/mol. The van der Waals surface area contributed by atoms with Crippen LogP contribution < -0.4 is 0 Å². The van der Waals surface area contributed by atoms with Crippen LogP contribution in [0.2, 0.25) is 0 Å². The second kappa shape index (κ2) is 3.07. The largest absolute Gasteiger partial charge is 0.261 e. The smallest absolute Gasteiger partial charge is 0.124 e. The molecule has 0 radical (unpaired) electrons. The number of nitrogens with zero attached hydrogens (tertiary/aromatic N) is 1. The standard InChI is InChI=1S/C10H7BrFN/c1-6-2-7-3-8(12)4-10(11)9(7)5-13-6/h2-5H,1H3. The Morgan fingerprint density at radius 1 is 1.31 bits per heavy atom. The highest BCUT2D eigenvalue weighted by molar-refractivity contribution is 9.10. The van der Waals surface area contributed by atoms with E-state index in [1.165, 1.54) is 12.1 Å². The second-order valence-electron chi connectivity index (χ2n) is 2.93. The van der Waals surface area contributed by atoms with Gasteiger partial charge in [0.05, 0.1) is 0 Å². The molecule has 0 spiro atoms. The van der Waals surface area contributed by atoms with Gasteiger partial charge >= 0.3 is 0 Å². The first-order valence-corrected chi connectivity index (χ1v) is 4.67. The Labute approximate surface area is 83.7 Å². The molecule has 0 N–H and O–H groups in total. The predicted molar refractivity (Wildman–Crippen MR) is 54.1 cm³/mol. The number of aryl methyl sites for hydroxylation is 1. The monoisotopic (exact) mass is 239 g/mol. The van der Waals surface area contributed by atoms with Crippen LogP contribution in [-0.2, 0) is 0 Å². The van der Waals surface area contributed by atoms with Crippen molar-refractivity contribution in [1.29, 1.82) is 0 Å². The predicted octanol–water partition coefficient (Wildman–Crippen LogP) is 3.44. The second-order valence-corrected chi connectivity index (χ2v) is 3.79. The first-order valence-electron chi connectivity index (χ1n) is 3.88. The van der Waals surface area contributed by atoms with Crippen molar-refractivity contribution in [2.24, 2.45) is 0 Å². The molecule has 66 valence electrons. The molecule has 1 heterocycles. The molecule has 0 saturated heterocycles. The van der Waals surface area contributed by atoms with E-state index in [1.807, 2.05) is 13.0 Å². The molecule has 3 heteroatoms. The van der Waals surface area contributed by atoms with E-state index in [0.717, 1.165) is 20.9 Å². The average Bonchev–Trinajstić information content (AvgIpc) is 2.02. The van der Waals surface area contributed by atoms with Gasteiger partial charge in [-0.3, -0.25) is 4.98 Å². The molecule has 0 atom stereocenters. The lowest BCUT2D eigenvalue weighted by atomic mass is 10.1. The van der Waals surface area contributed by atoms with Gasteiger partial charge in [0.25, 0.3) is 0 Å². The summed E-state index contributed by atoms with van der Waals surface area (Å²) in [7, 11) is 0. The molecule has 0 amide bonds. The van der Waals surface area contributed by atoms with E-state index in [9.17, 15) is 4.39 Å². The van der Waals surface area contributed by atoms with Crippen LogP contribution in [0.25, 0.3) is 10.8 Å². The van der Waals surface area contributed by atoms with Crippen LogP contribution in [0.3, 0.4) is 0 Å². The van der Waals surface area contributed by atoms with E-state index in [1.54, 1.807) is 6.20 Å². The van der Waals surface area contributed by atoms with Crippen molar-refractivity contribution >= 4 is 26.7 Å². The molecule has 0 bridgehead atoms. The number of aromatic nitrogens is 1.